The van der Waals surface area contributed by atoms with Gasteiger partial charge >= 0.3 is 6.09 Å². The van der Waals surface area contributed by atoms with Gasteiger partial charge in [-0.25, -0.2) is 4.79 Å². The standard InChI is InChI=1S/C23H40N2O3/c1-21(2,3)28-20(26)24-12-10-22(11-13-24)16-19(17-22)25-14-15-27-23(18-25)8-6-4-5-7-9-23/h19H,4-18H2,1-3H3. The SMILES string of the molecule is CC(C)(C)OC(=O)N1CCC2(CC1)CC(N1CCOC3(CCCCCC3)C1)C2. The van der Waals surface area contributed by atoms with E-state index >= 15 is 0 Å². The van der Waals surface area contributed by atoms with E-state index in [9.17, 15) is 4.79 Å². The van der Waals surface area contributed by atoms with Crippen molar-refractivity contribution in [3.05, 3.63) is 0 Å². The van der Waals surface area contributed by atoms with Crippen LogP contribution in [0.1, 0.15) is 85.0 Å². The van der Waals surface area contributed by atoms with Crippen molar-refractivity contribution in [3.8, 4) is 0 Å². The molecule has 2 aliphatic carbocycles. The normalized spacial score (nSPS) is 28.8. The zero-order valence-electron chi connectivity index (χ0n) is 18.3. The maximum atomic E-state index is 12.3. The van der Waals surface area contributed by atoms with Gasteiger partial charge < -0.3 is 14.4 Å². The second kappa shape index (κ2) is 7.79. The topological polar surface area (TPSA) is 42.0 Å². The Morgan fingerprint density at radius 2 is 1.61 bits per heavy atom. The molecule has 2 saturated heterocycles. The van der Waals surface area contributed by atoms with Crippen molar-refractivity contribution in [1.29, 1.82) is 0 Å². The first-order valence-corrected chi connectivity index (χ1v) is 11.6. The highest BCUT2D eigenvalue weighted by molar-refractivity contribution is 5.68. The monoisotopic (exact) mass is 392 g/mol. The highest BCUT2D eigenvalue weighted by Crippen LogP contribution is 2.52. The van der Waals surface area contributed by atoms with E-state index in [1.54, 1.807) is 0 Å². The van der Waals surface area contributed by atoms with Gasteiger partial charge in [0.2, 0.25) is 0 Å². The second-order valence-electron chi connectivity index (χ2n) is 10.9. The first kappa shape index (κ1) is 20.5. The highest BCUT2D eigenvalue weighted by atomic mass is 16.6. The van der Waals surface area contributed by atoms with Crippen LogP contribution in [0.5, 0.6) is 0 Å². The molecule has 0 radical (unpaired) electrons. The number of carbonyl (C=O) groups is 1. The summed E-state index contributed by atoms with van der Waals surface area (Å²) in [6.45, 7) is 10.7. The van der Waals surface area contributed by atoms with Crippen molar-refractivity contribution in [2.75, 3.05) is 32.8 Å². The molecule has 0 aromatic rings. The lowest BCUT2D eigenvalue weighted by molar-refractivity contribution is -0.150. The number of amides is 1. The summed E-state index contributed by atoms with van der Waals surface area (Å²) in [7, 11) is 0. The number of carbonyl (C=O) groups excluding carboxylic acids is 1. The summed E-state index contributed by atoms with van der Waals surface area (Å²) in [5.74, 6) is 0. The van der Waals surface area contributed by atoms with E-state index in [0.717, 1.165) is 51.7 Å². The van der Waals surface area contributed by atoms with Crippen molar-refractivity contribution in [2.45, 2.75) is 102 Å². The summed E-state index contributed by atoms with van der Waals surface area (Å²) in [6, 6.07) is 0.733. The van der Waals surface area contributed by atoms with Crippen LogP contribution in [0.4, 0.5) is 4.79 Å². The van der Waals surface area contributed by atoms with Crippen LogP contribution in [-0.2, 0) is 9.47 Å². The van der Waals surface area contributed by atoms with E-state index in [2.05, 4.69) is 4.90 Å². The first-order chi connectivity index (χ1) is 13.3. The van der Waals surface area contributed by atoms with Crippen LogP contribution >= 0.6 is 0 Å². The molecule has 0 unspecified atom stereocenters. The third kappa shape index (κ3) is 4.51. The molecule has 2 heterocycles. The quantitative estimate of drug-likeness (QED) is 0.654. The number of ether oxygens (including phenoxy) is 2. The van der Waals surface area contributed by atoms with Crippen LogP contribution in [0.2, 0.25) is 0 Å². The van der Waals surface area contributed by atoms with Crippen LogP contribution < -0.4 is 0 Å². The molecule has 0 N–H and O–H groups in total. The third-order valence-corrected chi connectivity index (χ3v) is 7.62. The predicted molar refractivity (Wildman–Crippen MR) is 110 cm³/mol. The zero-order valence-corrected chi connectivity index (χ0v) is 18.3. The molecule has 2 spiro atoms. The van der Waals surface area contributed by atoms with Gasteiger partial charge in [-0.05, 0) is 64.7 Å². The minimum atomic E-state index is -0.405. The Hall–Kier alpha value is -0.810. The van der Waals surface area contributed by atoms with Gasteiger partial charge in [-0.2, -0.15) is 0 Å². The molecular weight excluding hydrogens is 352 g/mol. The van der Waals surface area contributed by atoms with E-state index < -0.39 is 5.60 Å². The molecule has 5 heteroatoms. The summed E-state index contributed by atoms with van der Waals surface area (Å²) >= 11 is 0. The van der Waals surface area contributed by atoms with Gasteiger partial charge in [-0.1, -0.05) is 25.7 Å². The van der Waals surface area contributed by atoms with Crippen LogP contribution in [0.3, 0.4) is 0 Å². The molecule has 0 aromatic carbocycles. The van der Waals surface area contributed by atoms with E-state index in [-0.39, 0.29) is 11.7 Å². The van der Waals surface area contributed by atoms with Gasteiger partial charge in [0.25, 0.3) is 0 Å². The Morgan fingerprint density at radius 3 is 2.21 bits per heavy atom. The molecule has 0 bridgehead atoms. The highest BCUT2D eigenvalue weighted by Gasteiger charge is 2.50. The fourth-order valence-electron chi connectivity index (χ4n) is 5.96. The second-order valence-corrected chi connectivity index (χ2v) is 10.9. The lowest BCUT2D eigenvalue weighted by atomic mass is 9.60. The number of nitrogens with zero attached hydrogens (tertiary/aromatic N) is 2. The van der Waals surface area contributed by atoms with E-state index in [1.807, 2.05) is 25.7 Å². The number of likely N-dealkylation sites (tertiary alicyclic amines) is 1. The van der Waals surface area contributed by atoms with E-state index in [4.69, 9.17) is 9.47 Å². The summed E-state index contributed by atoms with van der Waals surface area (Å²) in [5.41, 5.74) is 0.216. The molecule has 160 valence electrons. The predicted octanol–water partition coefficient (Wildman–Crippen LogP) is 4.59. The average molecular weight is 393 g/mol. The summed E-state index contributed by atoms with van der Waals surface area (Å²) in [5, 5.41) is 0. The van der Waals surface area contributed by atoms with Crippen molar-refractivity contribution in [3.63, 3.8) is 0 Å². The Bertz CT molecular complexity index is 547. The third-order valence-electron chi connectivity index (χ3n) is 7.62. The average Bonchev–Trinajstić information content (AvgIpc) is 2.84. The summed E-state index contributed by atoms with van der Waals surface area (Å²) < 4.78 is 11.9. The molecule has 0 aromatic heterocycles. The van der Waals surface area contributed by atoms with Crippen LogP contribution in [-0.4, -0.2) is 65.9 Å². The largest absolute Gasteiger partial charge is 0.444 e. The van der Waals surface area contributed by atoms with Gasteiger partial charge in [0.15, 0.2) is 0 Å². The van der Waals surface area contributed by atoms with E-state index in [0.29, 0.717) is 5.41 Å². The molecule has 4 aliphatic rings. The molecule has 5 nitrogen and oxygen atoms in total. The fourth-order valence-corrected chi connectivity index (χ4v) is 5.96. The molecule has 1 amide bonds. The number of piperidine rings is 1. The van der Waals surface area contributed by atoms with Gasteiger partial charge in [0.1, 0.15) is 5.60 Å². The Kier molecular flexibility index (Phi) is 5.69. The smallest absolute Gasteiger partial charge is 0.410 e. The van der Waals surface area contributed by atoms with Crippen LogP contribution in [0, 0.1) is 5.41 Å². The van der Waals surface area contributed by atoms with Crippen molar-refractivity contribution in [1.82, 2.24) is 9.80 Å². The summed E-state index contributed by atoms with van der Waals surface area (Å²) in [6.07, 6.45) is 12.7. The lowest BCUT2D eigenvalue weighted by Gasteiger charge is -2.57. The Balaban J connectivity index is 1.26. The van der Waals surface area contributed by atoms with Gasteiger partial charge in [-0.15, -0.1) is 0 Å². The van der Waals surface area contributed by atoms with Crippen LogP contribution in [0.15, 0.2) is 0 Å². The maximum absolute atomic E-state index is 12.3. The van der Waals surface area contributed by atoms with Gasteiger partial charge in [-0.3, -0.25) is 4.90 Å². The molecule has 2 saturated carbocycles. The zero-order chi connectivity index (χ0) is 19.8. The molecule has 28 heavy (non-hydrogen) atoms. The molecular formula is C23H40N2O3. The molecule has 4 fully saturated rings. The first-order valence-electron chi connectivity index (χ1n) is 11.6. The number of morpholine rings is 1. The number of hydrogen-bond donors (Lipinski definition) is 0. The van der Waals surface area contributed by atoms with Crippen molar-refractivity contribution < 1.29 is 14.3 Å². The maximum Gasteiger partial charge on any atom is 0.410 e. The minimum absolute atomic E-state index is 0.137. The Morgan fingerprint density at radius 1 is 0.964 bits per heavy atom. The number of hydrogen-bond acceptors (Lipinski definition) is 4. The molecule has 2 aliphatic heterocycles. The van der Waals surface area contributed by atoms with Crippen molar-refractivity contribution >= 4 is 6.09 Å². The summed E-state index contributed by atoms with van der Waals surface area (Å²) in [4.78, 5) is 17.0. The molecule has 4 rings (SSSR count). The minimum Gasteiger partial charge on any atom is -0.444 e. The fraction of sp³-hybridized carbons (Fsp3) is 0.957. The molecule has 0 atom stereocenters. The lowest BCUT2D eigenvalue weighted by Crippen LogP contribution is -2.61. The van der Waals surface area contributed by atoms with Crippen LogP contribution in [0.25, 0.3) is 0 Å². The van der Waals surface area contributed by atoms with E-state index in [1.165, 1.54) is 51.4 Å². The van der Waals surface area contributed by atoms with Gasteiger partial charge in [0, 0.05) is 32.2 Å². The Labute approximate surface area is 171 Å². The van der Waals surface area contributed by atoms with Gasteiger partial charge in [0.05, 0.1) is 12.2 Å². The van der Waals surface area contributed by atoms with Crippen molar-refractivity contribution in [2.24, 2.45) is 5.41 Å². The number of rotatable bonds is 1.